The standard InChI is InChI=1S/C7H16N2O/c1-4-6(9-3)7(10)5-8-2/h6,8-9H,4-5H2,1-3H3/t6-/m0/s1. The molecule has 0 fully saturated rings. The molecule has 0 saturated heterocycles. The highest BCUT2D eigenvalue weighted by Crippen LogP contribution is 1.89. The van der Waals surface area contributed by atoms with Gasteiger partial charge in [0.15, 0.2) is 5.78 Å². The van der Waals surface area contributed by atoms with Crippen LogP contribution in [0, 0.1) is 0 Å². The maximum absolute atomic E-state index is 11.1. The van der Waals surface area contributed by atoms with E-state index in [4.69, 9.17) is 0 Å². The Morgan fingerprint density at radius 1 is 1.50 bits per heavy atom. The maximum atomic E-state index is 11.1. The summed E-state index contributed by atoms with van der Waals surface area (Å²) < 4.78 is 0. The lowest BCUT2D eigenvalue weighted by Crippen LogP contribution is -2.38. The fraction of sp³-hybridized carbons (Fsp3) is 0.857. The number of rotatable bonds is 5. The Balaban J connectivity index is 3.65. The molecule has 10 heavy (non-hydrogen) atoms. The summed E-state index contributed by atoms with van der Waals surface area (Å²) in [6, 6.07) is 0.0208. The lowest BCUT2D eigenvalue weighted by molar-refractivity contribution is -0.120. The van der Waals surface area contributed by atoms with Crippen molar-refractivity contribution in [3.05, 3.63) is 0 Å². The van der Waals surface area contributed by atoms with Crippen molar-refractivity contribution in [3.63, 3.8) is 0 Å². The molecule has 0 saturated carbocycles. The summed E-state index contributed by atoms with van der Waals surface area (Å²) in [6.07, 6.45) is 0.858. The molecule has 0 unspecified atom stereocenters. The zero-order valence-electron chi connectivity index (χ0n) is 6.90. The van der Waals surface area contributed by atoms with Crippen LogP contribution in [0.2, 0.25) is 0 Å². The molecule has 3 heteroatoms. The first-order chi connectivity index (χ1) is 4.76. The summed E-state index contributed by atoms with van der Waals surface area (Å²) in [6.45, 7) is 2.45. The molecular weight excluding hydrogens is 128 g/mol. The van der Waals surface area contributed by atoms with Gasteiger partial charge in [0.2, 0.25) is 0 Å². The van der Waals surface area contributed by atoms with Crippen molar-refractivity contribution < 1.29 is 4.79 Å². The molecule has 60 valence electrons. The molecule has 0 aromatic heterocycles. The van der Waals surface area contributed by atoms with E-state index in [0.717, 1.165) is 6.42 Å². The maximum Gasteiger partial charge on any atom is 0.163 e. The number of nitrogens with one attached hydrogen (secondary N) is 2. The molecule has 0 bridgehead atoms. The van der Waals surface area contributed by atoms with Gasteiger partial charge in [0, 0.05) is 0 Å². The summed E-state index contributed by atoms with van der Waals surface area (Å²) in [5, 5.41) is 5.77. The molecule has 2 N–H and O–H groups in total. The van der Waals surface area contributed by atoms with E-state index < -0.39 is 0 Å². The van der Waals surface area contributed by atoms with E-state index in [1.54, 1.807) is 7.05 Å². The average Bonchev–Trinajstić information content (AvgIpc) is 1.91. The van der Waals surface area contributed by atoms with Gasteiger partial charge in [0.05, 0.1) is 12.6 Å². The third-order valence-electron chi connectivity index (χ3n) is 1.50. The van der Waals surface area contributed by atoms with E-state index in [9.17, 15) is 4.79 Å². The monoisotopic (exact) mass is 144 g/mol. The van der Waals surface area contributed by atoms with Gasteiger partial charge in [-0.15, -0.1) is 0 Å². The van der Waals surface area contributed by atoms with Crippen LogP contribution < -0.4 is 10.6 Å². The Bertz CT molecular complexity index is 99.8. The summed E-state index contributed by atoms with van der Waals surface area (Å²) >= 11 is 0. The van der Waals surface area contributed by atoms with Gasteiger partial charge < -0.3 is 10.6 Å². The highest BCUT2D eigenvalue weighted by molar-refractivity contribution is 5.85. The Morgan fingerprint density at radius 3 is 2.40 bits per heavy atom. The van der Waals surface area contributed by atoms with E-state index >= 15 is 0 Å². The van der Waals surface area contributed by atoms with Gasteiger partial charge in [-0.25, -0.2) is 0 Å². The van der Waals surface area contributed by atoms with Gasteiger partial charge in [-0.2, -0.15) is 0 Å². The zero-order chi connectivity index (χ0) is 7.98. The average molecular weight is 144 g/mol. The number of likely N-dealkylation sites (N-methyl/N-ethyl adjacent to an activating group) is 2. The van der Waals surface area contributed by atoms with Crippen molar-refractivity contribution in [3.8, 4) is 0 Å². The Kier molecular flexibility index (Phi) is 5.16. The van der Waals surface area contributed by atoms with E-state index in [0.29, 0.717) is 6.54 Å². The molecule has 0 heterocycles. The molecule has 1 atom stereocenters. The van der Waals surface area contributed by atoms with Crippen LogP contribution in [0.1, 0.15) is 13.3 Å². The third-order valence-corrected chi connectivity index (χ3v) is 1.50. The molecule has 0 spiro atoms. The Labute approximate surface area is 62.2 Å². The Hall–Kier alpha value is -0.410. The molecule has 0 amide bonds. The quantitative estimate of drug-likeness (QED) is 0.560. The van der Waals surface area contributed by atoms with Crippen molar-refractivity contribution in [2.45, 2.75) is 19.4 Å². The fourth-order valence-electron chi connectivity index (χ4n) is 0.890. The number of hydrogen-bond acceptors (Lipinski definition) is 3. The first-order valence-electron chi connectivity index (χ1n) is 3.60. The predicted octanol–water partition coefficient (Wildman–Crippen LogP) is -0.227. The van der Waals surface area contributed by atoms with Crippen LogP contribution in [-0.4, -0.2) is 32.5 Å². The summed E-state index contributed by atoms with van der Waals surface area (Å²) in [7, 11) is 3.59. The van der Waals surface area contributed by atoms with E-state index in [2.05, 4.69) is 10.6 Å². The van der Waals surface area contributed by atoms with Gasteiger partial charge in [0.1, 0.15) is 0 Å². The van der Waals surface area contributed by atoms with Crippen LogP contribution in [0.25, 0.3) is 0 Å². The molecule has 0 rings (SSSR count). The highest BCUT2D eigenvalue weighted by Gasteiger charge is 2.11. The lowest BCUT2D eigenvalue weighted by Gasteiger charge is -2.10. The van der Waals surface area contributed by atoms with E-state index in [-0.39, 0.29) is 11.8 Å². The topological polar surface area (TPSA) is 41.1 Å². The minimum Gasteiger partial charge on any atom is -0.313 e. The SMILES string of the molecule is CC[C@H](NC)C(=O)CNC. The minimum absolute atomic E-state index is 0.0208. The summed E-state index contributed by atoms with van der Waals surface area (Å²) in [4.78, 5) is 11.1. The largest absolute Gasteiger partial charge is 0.313 e. The van der Waals surface area contributed by atoms with Gasteiger partial charge in [-0.1, -0.05) is 6.92 Å². The molecule has 0 radical (unpaired) electrons. The second-order valence-electron chi connectivity index (χ2n) is 2.25. The molecule has 0 aliphatic heterocycles. The van der Waals surface area contributed by atoms with Crippen LogP contribution in [-0.2, 0) is 4.79 Å². The first-order valence-corrected chi connectivity index (χ1v) is 3.60. The normalized spacial score (nSPS) is 13.1. The Morgan fingerprint density at radius 2 is 2.10 bits per heavy atom. The molecule has 0 aliphatic rings. The first kappa shape index (κ1) is 9.59. The van der Waals surface area contributed by atoms with Crippen molar-refractivity contribution in [2.75, 3.05) is 20.6 Å². The van der Waals surface area contributed by atoms with Gasteiger partial charge in [-0.05, 0) is 20.5 Å². The minimum atomic E-state index is 0.0208. The molecule has 0 aromatic carbocycles. The molecular formula is C7H16N2O. The van der Waals surface area contributed by atoms with Crippen molar-refractivity contribution >= 4 is 5.78 Å². The van der Waals surface area contributed by atoms with Crippen molar-refractivity contribution in [2.24, 2.45) is 0 Å². The highest BCUT2D eigenvalue weighted by atomic mass is 16.1. The van der Waals surface area contributed by atoms with Crippen molar-refractivity contribution in [1.82, 2.24) is 10.6 Å². The van der Waals surface area contributed by atoms with Crippen LogP contribution in [0.4, 0.5) is 0 Å². The number of ketones is 1. The van der Waals surface area contributed by atoms with E-state index in [1.807, 2.05) is 14.0 Å². The number of carbonyl (C=O) groups excluding carboxylic acids is 1. The van der Waals surface area contributed by atoms with E-state index in [1.165, 1.54) is 0 Å². The molecule has 3 nitrogen and oxygen atoms in total. The third kappa shape index (κ3) is 2.94. The second-order valence-corrected chi connectivity index (χ2v) is 2.25. The molecule has 0 aromatic rings. The smallest absolute Gasteiger partial charge is 0.163 e. The van der Waals surface area contributed by atoms with Crippen molar-refractivity contribution in [1.29, 1.82) is 0 Å². The zero-order valence-corrected chi connectivity index (χ0v) is 6.90. The lowest BCUT2D eigenvalue weighted by atomic mass is 10.1. The summed E-state index contributed by atoms with van der Waals surface area (Å²) in [5.74, 6) is 0.229. The van der Waals surface area contributed by atoms with Crippen LogP contribution >= 0.6 is 0 Å². The predicted molar refractivity (Wildman–Crippen MR) is 42.1 cm³/mol. The number of carbonyl (C=O) groups is 1. The summed E-state index contributed by atoms with van der Waals surface area (Å²) in [5.41, 5.74) is 0. The fourth-order valence-corrected chi connectivity index (χ4v) is 0.890. The van der Waals surface area contributed by atoms with Crippen LogP contribution in [0.5, 0.6) is 0 Å². The van der Waals surface area contributed by atoms with Crippen LogP contribution in [0.15, 0.2) is 0 Å². The molecule has 0 aliphatic carbocycles. The number of hydrogen-bond donors (Lipinski definition) is 2. The van der Waals surface area contributed by atoms with Crippen LogP contribution in [0.3, 0.4) is 0 Å². The van der Waals surface area contributed by atoms with Gasteiger partial charge >= 0.3 is 0 Å². The van der Waals surface area contributed by atoms with Gasteiger partial charge in [-0.3, -0.25) is 4.79 Å². The number of Topliss-reactive ketones (excluding diaryl/α,β-unsaturated/α-hetero) is 1. The second kappa shape index (κ2) is 5.38. The van der Waals surface area contributed by atoms with Gasteiger partial charge in [0.25, 0.3) is 0 Å².